The summed E-state index contributed by atoms with van der Waals surface area (Å²) >= 11 is 13.0. The number of para-hydroxylation sites is 1. The highest BCUT2D eigenvalue weighted by molar-refractivity contribution is 7.80. The Bertz CT molecular complexity index is 671. The average Bonchev–Trinajstić information content (AvgIpc) is 2.80. The lowest BCUT2D eigenvalue weighted by Gasteiger charge is -2.24. The molecule has 1 atom stereocenters. The number of halogens is 1. The molecule has 1 aromatic carbocycles. The number of hydrogen-bond acceptors (Lipinski definition) is 4. The van der Waals surface area contributed by atoms with Gasteiger partial charge in [0.2, 0.25) is 0 Å². The molecule has 7 heteroatoms. The molecule has 3 rings (SSSR count). The van der Waals surface area contributed by atoms with E-state index in [4.69, 9.17) is 29.6 Å². The van der Waals surface area contributed by atoms with Gasteiger partial charge < -0.3 is 16.4 Å². The summed E-state index contributed by atoms with van der Waals surface area (Å²) in [5.41, 5.74) is 7.71. The molecular weight excluding hydrogens is 324 g/mol. The summed E-state index contributed by atoms with van der Waals surface area (Å²) in [4.78, 5) is 5.61. The van der Waals surface area contributed by atoms with Gasteiger partial charge in [0.05, 0.1) is 16.4 Å². The van der Waals surface area contributed by atoms with Crippen molar-refractivity contribution in [3.8, 4) is 0 Å². The first-order chi connectivity index (χ1) is 10.1. The van der Waals surface area contributed by atoms with E-state index in [9.17, 15) is 0 Å². The number of benzene rings is 1. The number of anilines is 2. The van der Waals surface area contributed by atoms with Crippen molar-refractivity contribution in [3.05, 3.63) is 39.9 Å². The van der Waals surface area contributed by atoms with E-state index in [1.54, 1.807) is 11.3 Å². The molecule has 0 saturated heterocycles. The first kappa shape index (κ1) is 14.6. The van der Waals surface area contributed by atoms with Gasteiger partial charge in [-0.15, -0.1) is 11.3 Å². The van der Waals surface area contributed by atoms with Crippen LogP contribution in [0.5, 0.6) is 0 Å². The molecular formula is C14H15ClN4S2. The molecule has 0 bridgehead atoms. The van der Waals surface area contributed by atoms with Crippen LogP contribution in [0.2, 0.25) is 5.02 Å². The fourth-order valence-corrected chi connectivity index (χ4v) is 3.84. The maximum Gasteiger partial charge on any atom is 0.180 e. The fourth-order valence-electron chi connectivity index (χ4n) is 2.42. The molecule has 1 aliphatic rings. The second-order valence-electron chi connectivity index (χ2n) is 4.94. The Morgan fingerprint density at radius 2 is 2.24 bits per heavy atom. The lowest BCUT2D eigenvalue weighted by Crippen LogP contribution is -2.40. The molecule has 0 amide bonds. The van der Waals surface area contributed by atoms with E-state index in [1.807, 2.05) is 24.3 Å². The van der Waals surface area contributed by atoms with Crippen molar-refractivity contribution in [2.24, 2.45) is 0 Å². The van der Waals surface area contributed by atoms with E-state index >= 15 is 0 Å². The van der Waals surface area contributed by atoms with Crippen LogP contribution in [0.15, 0.2) is 24.3 Å². The van der Waals surface area contributed by atoms with Gasteiger partial charge in [0.15, 0.2) is 10.2 Å². The summed E-state index contributed by atoms with van der Waals surface area (Å²) in [7, 11) is 0. The van der Waals surface area contributed by atoms with Crippen LogP contribution in [-0.2, 0) is 12.8 Å². The molecule has 0 aliphatic heterocycles. The minimum atomic E-state index is 0.305. The van der Waals surface area contributed by atoms with Gasteiger partial charge in [-0.2, -0.15) is 0 Å². The van der Waals surface area contributed by atoms with Crippen LogP contribution in [0, 0.1) is 0 Å². The number of thiocarbonyl (C=S) groups is 1. The third kappa shape index (κ3) is 3.45. The Morgan fingerprint density at radius 1 is 1.43 bits per heavy atom. The van der Waals surface area contributed by atoms with Crippen LogP contribution in [0.4, 0.5) is 10.8 Å². The van der Waals surface area contributed by atoms with Crippen molar-refractivity contribution in [3.63, 3.8) is 0 Å². The number of nitrogens with zero attached hydrogens (tertiary/aromatic N) is 1. The van der Waals surface area contributed by atoms with Crippen LogP contribution >= 0.6 is 35.2 Å². The van der Waals surface area contributed by atoms with Crippen molar-refractivity contribution in [1.29, 1.82) is 0 Å². The van der Waals surface area contributed by atoms with E-state index in [-0.39, 0.29) is 0 Å². The summed E-state index contributed by atoms with van der Waals surface area (Å²) < 4.78 is 0. The summed E-state index contributed by atoms with van der Waals surface area (Å²) in [6.07, 6.45) is 2.85. The molecule has 1 unspecified atom stereocenters. The number of nitrogen functional groups attached to an aromatic ring is 1. The van der Waals surface area contributed by atoms with Gasteiger partial charge in [-0.1, -0.05) is 23.7 Å². The van der Waals surface area contributed by atoms with Crippen molar-refractivity contribution in [1.82, 2.24) is 10.3 Å². The highest BCUT2D eigenvalue weighted by atomic mass is 35.5. The maximum absolute atomic E-state index is 6.11. The minimum Gasteiger partial charge on any atom is -0.375 e. The minimum absolute atomic E-state index is 0.305. The maximum atomic E-state index is 6.11. The van der Waals surface area contributed by atoms with Crippen LogP contribution in [0.3, 0.4) is 0 Å². The van der Waals surface area contributed by atoms with Crippen molar-refractivity contribution < 1.29 is 0 Å². The predicted molar refractivity (Wildman–Crippen MR) is 93.1 cm³/mol. The first-order valence-corrected chi connectivity index (χ1v) is 8.28. The van der Waals surface area contributed by atoms with E-state index in [0.29, 0.717) is 21.3 Å². The zero-order valence-electron chi connectivity index (χ0n) is 11.2. The lowest BCUT2D eigenvalue weighted by molar-refractivity contribution is 0.531. The Balaban J connectivity index is 1.60. The molecule has 0 saturated carbocycles. The highest BCUT2D eigenvalue weighted by Gasteiger charge is 2.22. The Hall–Kier alpha value is -1.37. The summed E-state index contributed by atoms with van der Waals surface area (Å²) in [5.74, 6) is 0. The second-order valence-corrected chi connectivity index (χ2v) is 6.87. The SMILES string of the molecule is Nc1nc2c(s1)CC(NC(=S)Nc1ccccc1Cl)CC2. The third-order valence-corrected chi connectivity index (χ3v) is 4.91. The molecule has 1 aromatic heterocycles. The van der Waals surface area contributed by atoms with Gasteiger partial charge in [0.1, 0.15) is 0 Å². The molecule has 1 heterocycles. The normalized spacial score (nSPS) is 17.1. The molecule has 4 nitrogen and oxygen atoms in total. The number of rotatable bonds is 2. The molecule has 21 heavy (non-hydrogen) atoms. The van der Waals surface area contributed by atoms with E-state index in [2.05, 4.69) is 15.6 Å². The second kappa shape index (κ2) is 6.17. The van der Waals surface area contributed by atoms with Gasteiger partial charge in [0.25, 0.3) is 0 Å². The number of nitrogens with one attached hydrogen (secondary N) is 2. The van der Waals surface area contributed by atoms with Gasteiger partial charge in [-0.25, -0.2) is 4.98 Å². The van der Waals surface area contributed by atoms with Crippen molar-refractivity contribution in [2.75, 3.05) is 11.1 Å². The molecule has 4 N–H and O–H groups in total. The highest BCUT2D eigenvalue weighted by Crippen LogP contribution is 2.28. The molecule has 0 radical (unpaired) electrons. The van der Waals surface area contributed by atoms with Gasteiger partial charge in [-0.05, 0) is 37.2 Å². The van der Waals surface area contributed by atoms with Crippen LogP contribution < -0.4 is 16.4 Å². The molecule has 2 aromatic rings. The van der Waals surface area contributed by atoms with Crippen molar-refractivity contribution >= 4 is 51.1 Å². The number of hydrogen-bond donors (Lipinski definition) is 3. The molecule has 1 aliphatic carbocycles. The predicted octanol–water partition coefficient (Wildman–Crippen LogP) is 3.22. The van der Waals surface area contributed by atoms with Crippen molar-refractivity contribution in [2.45, 2.75) is 25.3 Å². The summed E-state index contributed by atoms with van der Waals surface area (Å²) in [6.45, 7) is 0. The Morgan fingerprint density at radius 3 is 3.05 bits per heavy atom. The van der Waals surface area contributed by atoms with E-state index in [1.165, 1.54) is 4.88 Å². The van der Waals surface area contributed by atoms with Crippen LogP contribution in [0.1, 0.15) is 17.0 Å². The number of nitrogens with two attached hydrogens (primary N) is 1. The van der Waals surface area contributed by atoms with Gasteiger partial charge >= 0.3 is 0 Å². The third-order valence-electron chi connectivity index (χ3n) is 3.41. The zero-order valence-corrected chi connectivity index (χ0v) is 13.6. The van der Waals surface area contributed by atoms with Crippen LogP contribution in [-0.4, -0.2) is 16.1 Å². The molecule has 110 valence electrons. The van der Waals surface area contributed by atoms with Crippen LogP contribution in [0.25, 0.3) is 0 Å². The standard InChI is InChI=1S/C14H15ClN4S2/c15-9-3-1-2-4-10(9)19-14(20)17-8-5-6-11-12(7-8)21-13(16)18-11/h1-4,8H,5-7H2,(H2,16,18)(H2,17,19,20). The number of aryl methyl sites for hydroxylation is 1. The lowest BCUT2D eigenvalue weighted by atomic mass is 9.98. The smallest absolute Gasteiger partial charge is 0.180 e. The monoisotopic (exact) mass is 338 g/mol. The zero-order chi connectivity index (χ0) is 14.8. The number of aromatic nitrogens is 1. The molecule has 0 spiro atoms. The largest absolute Gasteiger partial charge is 0.375 e. The average molecular weight is 339 g/mol. The molecule has 0 fully saturated rings. The quantitative estimate of drug-likeness (QED) is 0.734. The Kier molecular flexibility index (Phi) is 4.28. The van der Waals surface area contributed by atoms with Gasteiger partial charge in [0, 0.05) is 17.3 Å². The topological polar surface area (TPSA) is 63.0 Å². The Labute approximate surface area is 137 Å². The van der Waals surface area contributed by atoms with E-state index < -0.39 is 0 Å². The number of fused-ring (bicyclic) bond motifs is 1. The fraction of sp³-hybridized carbons (Fsp3) is 0.286. The number of thiazole rings is 1. The first-order valence-electron chi connectivity index (χ1n) is 6.68. The van der Waals surface area contributed by atoms with E-state index in [0.717, 1.165) is 30.6 Å². The summed E-state index contributed by atoms with van der Waals surface area (Å²) in [6, 6.07) is 7.85. The van der Waals surface area contributed by atoms with Gasteiger partial charge in [-0.3, -0.25) is 0 Å². The summed E-state index contributed by atoms with van der Waals surface area (Å²) in [5, 5.41) is 8.38.